The molecule has 0 aromatic heterocycles. The molecule has 0 spiro atoms. The molecule has 17 heavy (non-hydrogen) atoms. The zero-order valence-corrected chi connectivity index (χ0v) is 11.3. The van der Waals surface area contributed by atoms with E-state index < -0.39 is 5.60 Å². The number of hydrogen-bond donors (Lipinski definition) is 1. The maximum Gasteiger partial charge on any atom is 0.170 e. The molecule has 1 unspecified atom stereocenters. The molecule has 1 heterocycles. The van der Waals surface area contributed by atoms with Crippen LogP contribution < -0.4 is 4.74 Å². The van der Waals surface area contributed by atoms with Gasteiger partial charge in [0.15, 0.2) is 5.78 Å². The molecule has 0 radical (unpaired) electrons. The number of rotatable bonds is 3. The number of Topliss-reactive ketones (excluding diaryl/α,β-unsaturated/α-hetero) is 1. The normalized spacial score (nSPS) is 23.1. The van der Waals surface area contributed by atoms with E-state index in [9.17, 15) is 4.79 Å². The molecule has 1 aromatic carbocycles. The molecule has 1 aliphatic heterocycles. The number of ether oxygens (including phenoxy) is 1. The van der Waals surface area contributed by atoms with Crippen molar-refractivity contribution in [1.29, 1.82) is 0 Å². The van der Waals surface area contributed by atoms with Gasteiger partial charge >= 0.3 is 0 Å². The van der Waals surface area contributed by atoms with Gasteiger partial charge < -0.3 is 9.84 Å². The topological polar surface area (TPSA) is 46.5 Å². The second-order valence-electron chi connectivity index (χ2n) is 4.62. The number of fused-ring (bicyclic) bond motifs is 1. The second-order valence-corrected chi connectivity index (χ2v) is 5.54. The number of hydrogen-bond acceptors (Lipinski definition) is 3. The molecule has 0 bridgehead atoms. The first kappa shape index (κ1) is 12.6. The Morgan fingerprint density at radius 2 is 2.29 bits per heavy atom. The van der Waals surface area contributed by atoms with E-state index >= 15 is 0 Å². The molecule has 0 amide bonds. The van der Waals surface area contributed by atoms with E-state index in [1.807, 2.05) is 19.1 Å². The first-order chi connectivity index (χ1) is 8.04. The van der Waals surface area contributed by atoms with Crippen molar-refractivity contribution in [2.45, 2.75) is 31.8 Å². The predicted molar refractivity (Wildman–Crippen MR) is 68.4 cm³/mol. The number of benzene rings is 1. The molecule has 1 atom stereocenters. The highest BCUT2D eigenvalue weighted by Gasteiger charge is 2.35. The highest BCUT2D eigenvalue weighted by Crippen LogP contribution is 2.36. The zero-order valence-electron chi connectivity index (χ0n) is 9.70. The molecule has 1 aliphatic rings. The molecule has 0 aliphatic carbocycles. The Hall–Kier alpha value is -0.870. The molecule has 0 fully saturated rings. The third-order valence-electron chi connectivity index (χ3n) is 3.00. The Kier molecular flexibility index (Phi) is 3.54. The number of halogens is 1. The maximum absolute atomic E-state index is 12.1. The standard InChI is InChI=1S/C13H15BrO3/c1-13(5-2-6-15)8-11(16)10-7-9(14)3-4-12(10)17-13/h3-4,7,15H,2,5-6,8H2,1H3. The Bertz CT molecular complexity index is 444. The predicted octanol–water partition coefficient (Wildman–Crippen LogP) is 2.95. The summed E-state index contributed by atoms with van der Waals surface area (Å²) in [6, 6.07) is 5.47. The second kappa shape index (κ2) is 4.78. The van der Waals surface area contributed by atoms with Gasteiger partial charge in [0, 0.05) is 11.1 Å². The molecular formula is C13H15BrO3. The number of aliphatic hydroxyl groups is 1. The van der Waals surface area contributed by atoms with Crippen LogP contribution in [0.1, 0.15) is 36.5 Å². The fourth-order valence-corrected chi connectivity index (χ4v) is 2.50. The van der Waals surface area contributed by atoms with Crippen molar-refractivity contribution in [3.8, 4) is 5.75 Å². The van der Waals surface area contributed by atoms with Gasteiger partial charge in [0.25, 0.3) is 0 Å². The Labute approximate surface area is 109 Å². The summed E-state index contributed by atoms with van der Waals surface area (Å²) in [5, 5.41) is 8.86. The van der Waals surface area contributed by atoms with Crippen molar-refractivity contribution < 1.29 is 14.6 Å². The summed E-state index contributed by atoms with van der Waals surface area (Å²) < 4.78 is 6.78. The lowest BCUT2D eigenvalue weighted by Gasteiger charge is -2.35. The molecule has 3 nitrogen and oxygen atoms in total. The summed E-state index contributed by atoms with van der Waals surface area (Å²) in [6.45, 7) is 2.05. The van der Waals surface area contributed by atoms with Gasteiger partial charge in [-0.25, -0.2) is 0 Å². The van der Waals surface area contributed by atoms with Crippen LogP contribution in [0.5, 0.6) is 5.75 Å². The zero-order chi connectivity index (χ0) is 12.5. The summed E-state index contributed by atoms with van der Waals surface area (Å²) in [5.41, 5.74) is 0.154. The monoisotopic (exact) mass is 298 g/mol. The first-order valence-electron chi connectivity index (χ1n) is 5.67. The molecule has 4 heteroatoms. The lowest BCUT2D eigenvalue weighted by atomic mass is 9.88. The van der Waals surface area contributed by atoms with Gasteiger partial charge in [-0.1, -0.05) is 15.9 Å². The number of carbonyl (C=O) groups excluding carboxylic acids is 1. The van der Waals surface area contributed by atoms with Crippen LogP contribution in [0.3, 0.4) is 0 Å². The van der Waals surface area contributed by atoms with E-state index in [1.54, 1.807) is 6.07 Å². The third kappa shape index (κ3) is 2.69. The van der Waals surface area contributed by atoms with E-state index in [4.69, 9.17) is 9.84 Å². The minimum absolute atomic E-state index is 0.105. The minimum Gasteiger partial charge on any atom is -0.486 e. The summed E-state index contributed by atoms with van der Waals surface area (Å²) in [4.78, 5) is 12.1. The van der Waals surface area contributed by atoms with Gasteiger partial charge in [-0.2, -0.15) is 0 Å². The van der Waals surface area contributed by atoms with E-state index in [-0.39, 0.29) is 12.4 Å². The number of ketones is 1. The van der Waals surface area contributed by atoms with Gasteiger partial charge in [-0.05, 0) is 38.0 Å². The van der Waals surface area contributed by atoms with Crippen molar-refractivity contribution in [2.75, 3.05) is 6.61 Å². The largest absolute Gasteiger partial charge is 0.486 e. The van der Waals surface area contributed by atoms with Crippen LogP contribution in [0, 0.1) is 0 Å². The van der Waals surface area contributed by atoms with Crippen molar-refractivity contribution >= 4 is 21.7 Å². The van der Waals surface area contributed by atoms with Crippen LogP contribution in [0.4, 0.5) is 0 Å². The van der Waals surface area contributed by atoms with Crippen molar-refractivity contribution in [3.05, 3.63) is 28.2 Å². The van der Waals surface area contributed by atoms with Gasteiger partial charge in [-0.3, -0.25) is 4.79 Å². The highest BCUT2D eigenvalue weighted by molar-refractivity contribution is 9.10. The fourth-order valence-electron chi connectivity index (χ4n) is 2.14. The van der Waals surface area contributed by atoms with Crippen molar-refractivity contribution in [1.82, 2.24) is 0 Å². The molecule has 2 rings (SSSR count). The van der Waals surface area contributed by atoms with Gasteiger partial charge in [0.2, 0.25) is 0 Å². The van der Waals surface area contributed by atoms with Crippen LogP contribution in [0.25, 0.3) is 0 Å². The Morgan fingerprint density at radius 1 is 1.53 bits per heavy atom. The van der Waals surface area contributed by atoms with Crippen LogP contribution in [0.2, 0.25) is 0 Å². The smallest absolute Gasteiger partial charge is 0.170 e. The van der Waals surface area contributed by atoms with Gasteiger partial charge in [0.05, 0.1) is 12.0 Å². The lowest BCUT2D eigenvalue weighted by molar-refractivity contribution is 0.0425. The molecule has 0 saturated carbocycles. The average molecular weight is 299 g/mol. The maximum atomic E-state index is 12.1. The Balaban J connectivity index is 2.27. The van der Waals surface area contributed by atoms with Gasteiger partial charge in [-0.15, -0.1) is 0 Å². The minimum atomic E-state index is -0.485. The van der Waals surface area contributed by atoms with E-state index in [0.717, 1.165) is 4.47 Å². The number of aliphatic hydroxyl groups excluding tert-OH is 1. The average Bonchev–Trinajstić information content (AvgIpc) is 2.28. The van der Waals surface area contributed by atoms with E-state index in [2.05, 4.69) is 15.9 Å². The van der Waals surface area contributed by atoms with Crippen molar-refractivity contribution in [3.63, 3.8) is 0 Å². The Morgan fingerprint density at radius 3 is 3.00 bits per heavy atom. The first-order valence-corrected chi connectivity index (χ1v) is 6.46. The quantitative estimate of drug-likeness (QED) is 0.933. The molecule has 0 saturated heterocycles. The molecular weight excluding hydrogens is 284 g/mol. The fraction of sp³-hybridized carbons (Fsp3) is 0.462. The van der Waals surface area contributed by atoms with Crippen LogP contribution in [0.15, 0.2) is 22.7 Å². The van der Waals surface area contributed by atoms with E-state index in [0.29, 0.717) is 30.6 Å². The molecule has 1 N–H and O–H groups in total. The number of carbonyl (C=O) groups is 1. The summed E-state index contributed by atoms with van der Waals surface area (Å²) in [7, 11) is 0. The van der Waals surface area contributed by atoms with E-state index in [1.165, 1.54) is 0 Å². The SMILES string of the molecule is CC1(CCCO)CC(=O)c2cc(Br)ccc2O1. The van der Waals surface area contributed by atoms with Crippen LogP contribution >= 0.6 is 15.9 Å². The highest BCUT2D eigenvalue weighted by atomic mass is 79.9. The van der Waals surface area contributed by atoms with Crippen molar-refractivity contribution in [2.24, 2.45) is 0 Å². The summed E-state index contributed by atoms with van der Waals surface area (Å²) in [6.07, 6.45) is 1.71. The summed E-state index contributed by atoms with van der Waals surface area (Å²) in [5.74, 6) is 0.748. The van der Waals surface area contributed by atoms with Crippen LogP contribution in [-0.2, 0) is 0 Å². The third-order valence-corrected chi connectivity index (χ3v) is 3.49. The molecule has 92 valence electrons. The summed E-state index contributed by atoms with van der Waals surface area (Å²) >= 11 is 3.35. The molecule has 1 aromatic rings. The van der Waals surface area contributed by atoms with Crippen LogP contribution in [-0.4, -0.2) is 23.1 Å². The lowest BCUT2D eigenvalue weighted by Crippen LogP contribution is -2.39. The van der Waals surface area contributed by atoms with Gasteiger partial charge in [0.1, 0.15) is 11.4 Å².